The zero-order chi connectivity index (χ0) is 27.8. The van der Waals surface area contributed by atoms with Crippen molar-refractivity contribution in [3.63, 3.8) is 0 Å². The lowest BCUT2D eigenvalue weighted by atomic mass is 9.82. The van der Waals surface area contributed by atoms with E-state index in [4.69, 9.17) is 14.2 Å². The summed E-state index contributed by atoms with van der Waals surface area (Å²) < 4.78 is 60.9. The van der Waals surface area contributed by atoms with E-state index in [0.717, 1.165) is 32.1 Å². The molecule has 0 saturated heterocycles. The molecule has 208 valence electrons. The smallest absolute Gasteiger partial charge is 0.346 e. The van der Waals surface area contributed by atoms with Gasteiger partial charge in [-0.3, -0.25) is 0 Å². The second kappa shape index (κ2) is 13.7. The van der Waals surface area contributed by atoms with Crippen molar-refractivity contribution in [2.45, 2.75) is 70.8 Å². The fraction of sp³-hybridized carbons (Fsp3) is 0.406. The van der Waals surface area contributed by atoms with Crippen LogP contribution >= 0.6 is 0 Å². The van der Waals surface area contributed by atoms with Gasteiger partial charge in [0.05, 0.1) is 18.3 Å². The summed E-state index contributed by atoms with van der Waals surface area (Å²) >= 11 is 0. The molecule has 7 heteroatoms. The first-order valence-corrected chi connectivity index (χ1v) is 13.8. The number of esters is 1. The molecule has 1 saturated carbocycles. The van der Waals surface area contributed by atoms with E-state index in [9.17, 15) is 18.0 Å². The normalized spacial score (nSPS) is 17.2. The maximum atomic E-state index is 15.0. The maximum absolute atomic E-state index is 15.0. The Morgan fingerprint density at radius 3 is 2.21 bits per heavy atom. The quantitative estimate of drug-likeness (QED) is 0.139. The van der Waals surface area contributed by atoms with Gasteiger partial charge in [0.15, 0.2) is 23.2 Å². The van der Waals surface area contributed by atoms with Crippen LogP contribution in [0.1, 0.15) is 80.6 Å². The van der Waals surface area contributed by atoms with Crippen LogP contribution < -0.4 is 9.47 Å². The predicted molar refractivity (Wildman–Crippen MR) is 145 cm³/mol. The van der Waals surface area contributed by atoms with Crippen molar-refractivity contribution in [1.29, 1.82) is 0 Å². The summed E-state index contributed by atoms with van der Waals surface area (Å²) in [5.74, 6) is -3.39. The molecular weight excluding hydrogens is 505 g/mol. The lowest BCUT2D eigenvalue weighted by molar-refractivity contribution is 0.0248. The number of hydrogen-bond acceptors (Lipinski definition) is 4. The fourth-order valence-corrected chi connectivity index (χ4v) is 4.86. The van der Waals surface area contributed by atoms with Gasteiger partial charge in [-0.15, -0.1) is 0 Å². The second-order valence-corrected chi connectivity index (χ2v) is 9.94. The van der Waals surface area contributed by atoms with Crippen LogP contribution in [0.3, 0.4) is 0 Å². The summed E-state index contributed by atoms with van der Waals surface area (Å²) in [6.07, 6.45) is 5.93. The average Bonchev–Trinajstić information content (AvgIpc) is 2.95. The van der Waals surface area contributed by atoms with E-state index < -0.39 is 29.0 Å². The van der Waals surface area contributed by atoms with Gasteiger partial charge in [0, 0.05) is 6.61 Å². The largest absolute Gasteiger partial charge is 0.491 e. The number of rotatable bonds is 11. The molecule has 0 unspecified atom stereocenters. The molecule has 1 fully saturated rings. The summed E-state index contributed by atoms with van der Waals surface area (Å²) in [5.41, 5.74) is 1.16. The Labute approximate surface area is 228 Å². The number of ether oxygens (including phenoxy) is 3. The summed E-state index contributed by atoms with van der Waals surface area (Å²) in [6.45, 7) is 5.25. The SMILES string of the molecule is CCCCOc1ccc(-c2ccc(OC(=O)c3ccc(C4CCC(OCCC)CC4)c(F)c3F)cc2)cc1F. The Morgan fingerprint density at radius 1 is 0.821 bits per heavy atom. The molecule has 0 heterocycles. The molecule has 1 aliphatic rings. The molecule has 1 aliphatic carbocycles. The first-order valence-electron chi connectivity index (χ1n) is 13.8. The highest BCUT2D eigenvalue weighted by Gasteiger charge is 2.28. The van der Waals surface area contributed by atoms with Gasteiger partial charge in [0.25, 0.3) is 0 Å². The van der Waals surface area contributed by atoms with Crippen LogP contribution in [0.4, 0.5) is 13.2 Å². The van der Waals surface area contributed by atoms with E-state index in [0.29, 0.717) is 37.2 Å². The Bertz CT molecular complexity index is 1250. The van der Waals surface area contributed by atoms with E-state index in [-0.39, 0.29) is 29.1 Å². The van der Waals surface area contributed by atoms with Gasteiger partial charge in [-0.1, -0.05) is 44.5 Å². The van der Waals surface area contributed by atoms with E-state index >= 15 is 0 Å². The van der Waals surface area contributed by atoms with Crippen molar-refractivity contribution < 1.29 is 32.2 Å². The molecule has 3 aromatic rings. The molecule has 3 aromatic carbocycles. The zero-order valence-corrected chi connectivity index (χ0v) is 22.5. The number of carbonyl (C=O) groups excluding carboxylic acids is 1. The molecule has 0 N–H and O–H groups in total. The topological polar surface area (TPSA) is 44.8 Å². The van der Waals surface area contributed by atoms with E-state index in [1.165, 1.54) is 30.3 Å². The van der Waals surface area contributed by atoms with Gasteiger partial charge in [-0.05, 0) is 91.5 Å². The van der Waals surface area contributed by atoms with Crippen molar-refractivity contribution in [2.75, 3.05) is 13.2 Å². The fourth-order valence-electron chi connectivity index (χ4n) is 4.86. The average molecular weight is 541 g/mol. The van der Waals surface area contributed by atoms with Gasteiger partial charge >= 0.3 is 5.97 Å². The molecule has 0 aliphatic heterocycles. The molecule has 0 spiro atoms. The van der Waals surface area contributed by atoms with E-state index in [1.807, 2.05) is 6.92 Å². The minimum atomic E-state index is -1.20. The highest BCUT2D eigenvalue weighted by molar-refractivity contribution is 5.91. The maximum Gasteiger partial charge on any atom is 0.346 e. The van der Waals surface area contributed by atoms with Gasteiger partial charge in [-0.2, -0.15) is 0 Å². The lowest BCUT2D eigenvalue weighted by Crippen LogP contribution is -2.22. The Hall–Kier alpha value is -3.32. The number of unbranched alkanes of at least 4 members (excludes halogenated alkanes) is 1. The number of hydrogen-bond donors (Lipinski definition) is 0. The first kappa shape index (κ1) is 28.7. The number of halogens is 3. The Morgan fingerprint density at radius 2 is 1.54 bits per heavy atom. The molecule has 0 bridgehead atoms. The van der Waals surface area contributed by atoms with Gasteiger partial charge in [0.2, 0.25) is 0 Å². The second-order valence-electron chi connectivity index (χ2n) is 9.94. The molecule has 0 radical (unpaired) electrons. The third-order valence-corrected chi connectivity index (χ3v) is 7.09. The molecular formula is C32H35F3O4. The predicted octanol–water partition coefficient (Wildman–Crippen LogP) is 8.62. The summed E-state index contributed by atoms with van der Waals surface area (Å²) in [6, 6.07) is 13.9. The van der Waals surface area contributed by atoms with Crippen molar-refractivity contribution >= 4 is 5.97 Å². The number of carbonyl (C=O) groups is 1. The van der Waals surface area contributed by atoms with Crippen LogP contribution in [0.5, 0.6) is 11.5 Å². The van der Waals surface area contributed by atoms with E-state index in [2.05, 4.69) is 6.92 Å². The minimum absolute atomic E-state index is 0.111. The standard InChI is InChI=1S/C32H35F3O4/c1-3-5-19-38-29-17-10-23(20-28(29)33)21-6-13-25(14-7-21)39-32(36)27-16-15-26(30(34)31(27)35)22-8-11-24(12-9-22)37-18-4-2/h6-7,10,13-17,20,22,24H,3-5,8-9,11-12,18-19H2,1-2H3. The van der Waals surface area contributed by atoms with Gasteiger partial charge < -0.3 is 14.2 Å². The van der Waals surface area contributed by atoms with E-state index in [1.54, 1.807) is 24.3 Å². The van der Waals surface area contributed by atoms with Crippen LogP contribution in [-0.2, 0) is 4.74 Å². The van der Waals surface area contributed by atoms with Crippen LogP contribution in [-0.4, -0.2) is 25.3 Å². The van der Waals surface area contributed by atoms with Crippen molar-refractivity contribution in [1.82, 2.24) is 0 Å². The highest BCUT2D eigenvalue weighted by atomic mass is 19.2. The highest BCUT2D eigenvalue weighted by Crippen LogP contribution is 2.36. The first-order chi connectivity index (χ1) is 18.9. The van der Waals surface area contributed by atoms with Crippen molar-refractivity contribution in [2.24, 2.45) is 0 Å². The third-order valence-electron chi connectivity index (χ3n) is 7.09. The Balaban J connectivity index is 1.39. The number of benzene rings is 3. The lowest BCUT2D eigenvalue weighted by Gasteiger charge is -2.29. The third kappa shape index (κ3) is 7.21. The van der Waals surface area contributed by atoms with Gasteiger partial charge in [0.1, 0.15) is 5.75 Å². The molecule has 39 heavy (non-hydrogen) atoms. The van der Waals surface area contributed by atoms with Crippen molar-refractivity contribution in [3.05, 3.63) is 83.2 Å². The molecule has 4 nitrogen and oxygen atoms in total. The Kier molecular flexibility index (Phi) is 10.0. The summed E-state index contributed by atoms with van der Waals surface area (Å²) in [5, 5.41) is 0. The van der Waals surface area contributed by atoms with Crippen molar-refractivity contribution in [3.8, 4) is 22.6 Å². The summed E-state index contributed by atoms with van der Waals surface area (Å²) in [7, 11) is 0. The van der Waals surface area contributed by atoms with Crippen LogP contribution in [0.2, 0.25) is 0 Å². The summed E-state index contributed by atoms with van der Waals surface area (Å²) in [4.78, 5) is 12.7. The minimum Gasteiger partial charge on any atom is -0.491 e. The molecule has 0 amide bonds. The molecule has 0 atom stereocenters. The van der Waals surface area contributed by atoms with Crippen LogP contribution in [0, 0.1) is 17.5 Å². The van der Waals surface area contributed by atoms with Gasteiger partial charge in [-0.25, -0.2) is 18.0 Å². The molecule has 0 aromatic heterocycles. The monoisotopic (exact) mass is 540 g/mol. The zero-order valence-electron chi connectivity index (χ0n) is 22.5. The van der Waals surface area contributed by atoms with Crippen LogP contribution in [0.15, 0.2) is 54.6 Å². The molecule has 4 rings (SSSR count). The van der Waals surface area contributed by atoms with Crippen LogP contribution in [0.25, 0.3) is 11.1 Å².